The third-order valence-corrected chi connectivity index (χ3v) is 3.11. The minimum Gasteiger partial charge on any atom is -0.357 e. The maximum atomic E-state index is 13.6. The Hall–Kier alpha value is -2.50. The lowest BCUT2D eigenvalue weighted by Crippen LogP contribution is -2.37. The highest BCUT2D eigenvalue weighted by molar-refractivity contribution is 5.79. The number of nitrogens with one attached hydrogen (secondary N) is 2. The van der Waals surface area contributed by atoms with E-state index in [-0.39, 0.29) is 24.5 Å². The lowest BCUT2D eigenvalue weighted by atomic mass is 10.2. The number of benzene rings is 2. The van der Waals surface area contributed by atoms with Crippen LogP contribution in [0.1, 0.15) is 18.1 Å². The van der Waals surface area contributed by atoms with Crippen LogP contribution in [0, 0.1) is 17.5 Å². The van der Waals surface area contributed by atoms with E-state index in [4.69, 9.17) is 0 Å². The quantitative estimate of drug-likeness (QED) is 0.654. The van der Waals surface area contributed by atoms with Crippen LogP contribution in [-0.4, -0.2) is 12.5 Å². The van der Waals surface area contributed by atoms with Gasteiger partial charge in [-0.15, -0.1) is 0 Å². The molecule has 0 unspecified atom stereocenters. The van der Waals surface area contributed by atoms with Crippen LogP contribution >= 0.6 is 0 Å². The molecule has 0 aromatic heterocycles. The zero-order chi connectivity index (χ0) is 16.7. The molecular weight excluding hydrogens is 303 g/mol. The molecular formula is C17H18F3N3. The average Bonchev–Trinajstić information content (AvgIpc) is 2.53. The van der Waals surface area contributed by atoms with E-state index in [1.807, 2.05) is 6.92 Å². The van der Waals surface area contributed by atoms with Gasteiger partial charge in [-0.2, -0.15) is 0 Å². The summed E-state index contributed by atoms with van der Waals surface area (Å²) in [5.41, 5.74) is 0.931. The predicted octanol–water partition coefficient (Wildman–Crippen LogP) is 3.36. The largest absolute Gasteiger partial charge is 0.357 e. The van der Waals surface area contributed by atoms with Crippen LogP contribution in [0.5, 0.6) is 0 Å². The van der Waals surface area contributed by atoms with Crippen molar-refractivity contribution < 1.29 is 13.2 Å². The van der Waals surface area contributed by atoms with E-state index in [0.717, 1.165) is 23.8 Å². The zero-order valence-electron chi connectivity index (χ0n) is 12.7. The van der Waals surface area contributed by atoms with Crippen molar-refractivity contribution in [1.82, 2.24) is 10.6 Å². The molecule has 23 heavy (non-hydrogen) atoms. The molecule has 6 heteroatoms. The van der Waals surface area contributed by atoms with Crippen LogP contribution in [0.3, 0.4) is 0 Å². The molecule has 2 rings (SSSR count). The van der Waals surface area contributed by atoms with Crippen molar-refractivity contribution in [2.24, 2.45) is 4.99 Å². The highest BCUT2D eigenvalue weighted by Crippen LogP contribution is 2.09. The Morgan fingerprint density at radius 1 is 1.00 bits per heavy atom. The van der Waals surface area contributed by atoms with Crippen molar-refractivity contribution in [2.45, 2.75) is 20.0 Å². The Morgan fingerprint density at radius 2 is 1.78 bits per heavy atom. The molecule has 2 aromatic rings. The molecule has 0 saturated carbocycles. The molecule has 2 aromatic carbocycles. The van der Waals surface area contributed by atoms with Crippen LogP contribution in [0.2, 0.25) is 0 Å². The van der Waals surface area contributed by atoms with Crippen molar-refractivity contribution >= 4 is 5.96 Å². The molecule has 0 radical (unpaired) electrons. The number of nitrogens with zero attached hydrogens (tertiary/aromatic N) is 1. The summed E-state index contributed by atoms with van der Waals surface area (Å²) in [5.74, 6) is -0.859. The summed E-state index contributed by atoms with van der Waals surface area (Å²) in [6, 6.07) is 9.44. The summed E-state index contributed by atoms with van der Waals surface area (Å²) in [5, 5.41) is 5.93. The fourth-order valence-electron chi connectivity index (χ4n) is 2.01. The van der Waals surface area contributed by atoms with Crippen LogP contribution in [0.15, 0.2) is 47.5 Å². The molecule has 0 atom stereocenters. The molecule has 2 N–H and O–H groups in total. The molecule has 0 aliphatic carbocycles. The summed E-state index contributed by atoms with van der Waals surface area (Å²) < 4.78 is 39.9. The van der Waals surface area contributed by atoms with Gasteiger partial charge in [0.25, 0.3) is 0 Å². The molecule has 3 nitrogen and oxygen atoms in total. The van der Waals surface area contributed by atoms with Gasteiger partial charge in [-0.1, -0.05) is 12.1 Å². The summed E-state index contributed by atoms with van der Waals surface area (Å²) in [6.07, 6.45) is 0. The van der Waals surface area contributed by atoms with Crippen molar-refractivity contribution in [3.8, 4) is 0 Å². The second-order valence-electron chi connectivity index (χ2n) is 4.91. The number of hydrogen-bond donors (Lipinski definition) is 2. The standard InChI is InChI=1S/C17H18F3N3/c1-2-21-17(22-10-12-4-3-5-14(18)8-12)23-11-13-9-15(19)6-7-16(13)20/h3-9H,2,10-11H2,1H3,(H2,21,22,23). The first-order chi connectivity index (χ1) is 11.1. The molecule has 0 aliphatic rings. The lowest BCUT2D eigenvalue weighted by Gasteiger charge is -2.12. The van der Waals surface area contributed by atoms with Gasteiger partial charge in [0.2, 0.25) is 0 Å². The molecule has 0 amide bonds. The van der Waals surface area contributed by atoms with E-state index in [2.05, 4.69) is 15.6 Å². The monoisotopic (exact) mass is 321 g/mol. The first-order valence-corrected chi connectivity index (χ1v) is 7.29. The van der Waals surface area contributed by atoms with Gasteiger partial charge in [-0.25, -0.2) is 18.2 Å². The molecule has 0 spiro atoms. The Bertz CT molecular complexity index is 687. The minimum absolute atomic E-state index is 0.0958. The topological polar surface area (TPSA) is 36.4 Å². The van der Waals surface area contributed by atoms with E-state index in [1.165, 1.54) is 12.1 Å². The number of halogens is 3. The molecule has 0 fully saturated rings. The first-order valence-electron chi connectivity index (χ1n) is 7.29. The molecule has 0 aliphatic heterocycles. The smallest absolute Gasteiger partial charge is 0.191 e. The summed E-state index contributed by atoms with van der Waals surface area (Å²) >= 11 is 0. The minimum atomic E-state index is -0.495. The Morgan fingerprint density at radius 3 is 2.52 bits per heavy atom. The number of rotatable bonds is 5. The molecule has 0 bridgehead atoms. The number of guanidine groups is 1. The maximum absolute atomic E-state index is 13.6. The van der Waals surface area contributed by atoms with Crippen molar-refractivity contribution in [3.63, 3.8) is 0 Å². The van der Waals surface area contributed by atoms with Gasteiger partial charge in [0, 0.05) is 18.7 Å². The van der Waals surface area contributed by atoms with Crippen LogP contribution < -0.4 is 10.6 Å². The van der Waals surface area contributed by atoms with Gasteiger partial charge in [0.05, 0.1) is 6.54 Å². The van der Waals surface area contributed by atoms with E-state index in [1.54, 1.807) is 12.1 Å². The van der Waals surface area contributed by atoms with Crippen molar-refractivity contribution in [2.75, 3.05) is 6.54 Å². The fourth-order valence-corrected chi connectivity index (χ4v) is 2.01. The molecule has 122 valence electrons. The van der Waals surface area contributed by atoms with Gasteiger partial charge in [-0.3, -0.25) is 0 Å². The number of aliphatic imine (C=N–C) groups is 1. The second kappa shape index (κ2) is 8.22. The van der Waals surface area contributed by atoms with Gasteiger partial charge < -0.3 is 10.6 Å². The van der Waals surface area contributed by atoms with Crippen molar-refractivity contribution in [3.05, 3.63) is 71.0 Å². The zero-order valence-corrected chi connectivity index (χ0v) is 12.7. The first kappa shape index (κ1) is 16.9. The lowest BCUT2D eigenvalue weighted by molar-refractivity contribution is 0.581. The van der Waals surface area contributed by atoms with E-state index < -0.39 is 11.6 Å². The van der Waals surface area contributed by atoms with E-state index in [9.17, 15) is 13.2 Å². The Labute approximate surface area is 133 Å². The highest BCUT2D eigenvalue weighted by atomic mass is 19.1. The third-order valence-electron chi connectivity index (χ3n) is 3.11. The maximum Gasteiger partial charge on any atom is 0.191 e. The Kier molecular flexibility index (Phi) is 6.02. The Balaban J connectivity index is 2.03. The summed E-state index contributed by atoms with van der Waals surface area (Å²) in [6.45, 7) is 2.88. The molecule has 0 saturated heterocycles. The molecule has 0 heterocycles. The highest BCUT2D eigenvalue weighted by Gasteiger charge is 2.05. The number of hydrogen-bond acceptors (Lipinski definition) is 1. The average molecular weight is 321 g/mol. The predicted molar refractivity (Wildman–Crippen MR) is 84.4 cm³/mol. The van der Waals surface area contributed by atoms with Gasteiger partial charge >= 0.3 is 0 Å². The van der Waals surface area contributed by atoms with E-state index in [0.29, 0.717) is 12.5 Å². The van der Waals surface area contributed by atoms with E-state index >= 15 is 0 Å². The van der Waals surface area contributed by atoms with Gasteiger partial charge in [0.15, 0.2) is 5.96 Å². The van der Waals surface area contributed by atoms with Gasteiger partial charge in [0.1, 0.15) is 17.5 Å². The normalized spacial score (nSPS) is 11.4. The van der Waals surface area contributed by atoms with Crippen LogP contribution in [-0.2, 0) is 13.1 Å². The second-order valence-corrected chi connectivity index (χ2v) is 4.91. The van der Waals surface area contributed by atoms with Crippen LogP contribution in [0.4, 0.5) is 13.2 Å². The van der Waals surface area contributed by atoms with Crippen molar-refractivity contribution in [1.29, 1.82) is 0 Å². The third kappa shape index (κ3) is 5.32. The summed E-state index contributed by atoms with van der Waals surface area (Å²) in [7, 11) is 0. The van der Waals surface area contributed by atoms with Crippen LogP contribution in [0.25, 0.3) is 0 Å². The van der Waals surface area contributed by atoms with Gasteiger partial charge in [-0.05, 0) is 42.8 Å². The summed E-state index contributed by atoms with van der Waals surface area (Å²) in [4.78, 5) is 4.30. The SMILES string of the molecule is CCNC(=NCc1cccc(F)c1)NCc1cc(F)ccc1F. The fraction of sp³-hybridized carbons (Fsp3) is 0.235.